The zero-order chi connectivity index (χ0) is 11.4. The number of aryl methyl sites for hydroxylation is 1. The van der Waals surface area contributed by atoms with E-state index in [2.05, 4.69) is 0 Å². The Bertz CT molecular complexity index is 374. The van der Waals surface area contributed by atoms with Crippen LogP contribution in [0.5, 0.6) is 11.5 Å². The van der Waals surface area contributed by atoms with Crippen LogP contribution in [-0.2, 0) is 11.2 Å². The summed E-state index contributed by atoms with van der Waals surface area (Å²) in [6.45, 7) is 1.51. The summed E-state index contributed by atoms with van der Waals surface area (Å²) in [5.74, 6) is 0.470. The summed E-state index contributed by atoms with van der Waals surface area (Å²) in [5, 5.41) is 10.2. The molecule has 0 aliphatic carbocycles. The van der Waals surface area contributed by atoms with E-state index in [0.717, 1.165) is 0 Å². The Balaban J connectivity index is 2.95. The van der Waals surface area contributed by atoms with Crippen molar-refractivity contribution in [2.75, 3.05) is 7.11 Å². The summed E-state index contributed by atoms with van der Waals surface area (Å²) in [7, 11) is 1.46. The first kappa shape index (κ1) is 11.9. The van der Waals surface area contributed by atoms with Gasteiger partial charge in [-0.25, -0.2) is 0 Å². The van der Waals surface area contributed by atoms with Crippen molar-refractivity contribution >= 4 is 17.4 Å². The number of rotatable bonds is 4. The largest absolute Gasteiger partial charge is 0.504 e. The third-order valence-electron chi connectivity index (χ3n) is 2.08. The monoisotopic (exact) mass is 228 g/mol. The first-order chi connectivity index (χ1) is 7.04. The van der Waals surface area contributed by atoms with Gasteiger partial charge in [0.1, 0.15) is 5.78 Å². The summed E-state index contributed by atoms with van der Waals surface area (Å²) in [4.78, 5) is 10.8. The number of benzene rings is 1. The van der Waals surface area contributed by atoms with E-state index in [1.807, 2.05) is 0 Å². The maximum atomic E-state index is 10.8. The fourth-order valence-corrected chi connectivity index (χ4v) is 1.52. The highest BCUT2D eigenvalue weighted by Gasteiger charge is 2.10. The summed E-state index contributed by atoms with van der Waals surface area (Å²) in [5.41, 5.74) is 0.634. The van der Waals surface area contributed by atoms with Crippen LogP contribution in [0, 0.1) is 0 Å². The molecule has 82 valence electrons. The highest BCUT2D eigenvalue weighted by Crippen LogP contribution is 2.33. The van der Waals surface area contributed by atoms with E-state index in [4.69, 9.17) is 16.3 Å². The lowest BCUT2D eigenvalue weighted by Crippen LogP contribution is -1.96. The maximum Gasteiger partial charge on any atom is 0.162 e. The predicted octanol–water partition coefficient (Wildman–Crippen LogP) is 2.58. The predicted molar refractivity (Wildman–Crippen MR) is 58.7 cm³/mol. The minimum absolute atomic E-state index is 0.0585. The normalized spacial score (nSPS) is 10.1. The highest BCUT2D eigenvalue weighted by atomic mass is 35.5. The molecule has 15 heavy (non-hydrogen) atoms. The lowest BCUT2D eigenvalue weighted by atomic mass is 10.1. The minimum atomic E-state index is 0.0585. The number of halogens is 1. The number of Topliss-reactive ketones (excluding diaryl/α,β-unsaturated/α-hetero) is 1. The Morgan fingerprint density at radius 1 is 1.53 bits per heavy atom. The third-order valence-corrected chi connectivity index (χ3v) is 2.30. The van der Waals surface area contributed by atoms with Crippen LogP contribution in [0.15, 0.2) is 12.1 Å². The second kappa shape index (κ2) is 5.03. The lowest BCUT2D eigenvalue weighted by Gasteiger charge is -2.09. The van der Waals surface area contributed by atoms with Crippen LogP contribution in [0.2, 0.25) is 5.02 Å². The van der Waals surface area contributed by atoms with Crippen molar-refractivity contribution in [1.29, 1.82) is 0 Å². The van der Waals surface area contributed by atoms with Gasteiger partial charge in [0, 0.05) is 17.5 Å². The van der Waals surface area contributed by atoms with Crippen molar-refractivity contribution in [2.24, 2.45) is 0 Å². The second-order valence-electron chi connectivity index (χ2n) is 3.32. The Labute approximate surface area is 93.6 Å². The molecule has 0 aliphatic heterocycles. The van der Waals surface area contributed by atoms with E-state index in [0.29, 0.717) is 29.2 Å². The molecule has 4 heteroatoms. The summed E-state index contributed by atoms with van der Waals surface area (Å²) in [6.07, 6.45) is 0.856. The van der Waals surface area contributed by atoms with Crippen molar-refractivity contribution in [3.63, 3.8) is 0 Å². The molecule has 0 spiro atoms. The SMILES string of the molecule is COc1cc(Cl)cc(CCC(C)=O)c1O. The van der Waals surface area contributed by atoms with Gasteiger partial charge >= 0.3 is 0 Å². The number of aromatic hydroxyl groups is 1. The summed E-state index contributed by atoms with van der Waals surface area (Å²) in [6, 6.07) is 3.18. The van der Waals surface area contributed by atoms with E-state index in [1.165, 1.54) is 20.1 Å². The molecule has 0 aliphatic rings. The van der Waals surface area contributed by atoms with E-state index < -0.39 is 0 Å². The van der Waals surface area contributed by atoms with Gasteiger partial charge in [-0.1, -0.05) is 11.6 Å². The summed E-state index contributed by atoms with van der Waals surface area (Å²) < 4.78 is 4.95. The molecular formula is C11H13ClO3. The van der Waals surface area contributed by atoms with E-state index in [1.54, 1.807) is 6.07 Å². The molecule has 0 aromatic heterocycles. The Morgan fingerprint density at radius 2 is 2.20 bits per heavy atom. The van der Waals surface area contributed by atoms with Crippen LogP contribution in [0.3, 0.4) is 0 Å². The van der Waals surface area contributed by atoms with Crippen molar-refractivity contribution in [3.8, 4) is 11.5 Å². The molecule has 0 atom stereocenters. The number of carbonyl (C=O) groups is 1. The van der Waals surface area contributed by atoms with Gasteiger partial charge in [-0.15, -0.1) is 0 Å². The van der Waals surface area contributed by atoms with Gasteiger partial charge in [0.05, 0.1) is 7.11 Å². The highest BCUT2D eigenvalue weighted by molar-refractivity contribution is 6.30. The maximum absolute atomic E-state index is 10.8. The standard InChI is InChI=1S/C11H13ClO3/c1-7(13)3-4-8-5-9(12)6-10(15-2)11(8)14/h5-6,14H,3-4H2,1-2H3. The van der Waals surface area contributed by atoms with E-state index in [-0.39, 0.29) is 11.5 Å². The third kappa shape index (κ3) is 3.13. The smallest absolute Gasteiger partial charge is 0.162 e. The number of phenols is 1. The topological polar surface area (TPSA) is 46.5 Å². The van der Waals surface area contributed by atoms with Crippen molar-refractivity contribution < 1.29 is 14.6 Å². The summed E-state index contributed by atoms with van der Waals surface area (Å²) >= 11 is 5.84. The van der Waals surface area contributed by atoms with Gasteiger partial charge in [-0.05, 0) is 25.0 Å². The molecule has 1 aromatic carbocycles. The number of phenolic OH excluding ortho intramolecular Hbond substituents is 1. The number of ketones is 1. The van der Waals surface area contributed by atoms with Gasteiger partial charge in [0.2, 0.25) is 0 Å². The van der Waals surface area contributed by atoms with Crippen LogP contribution >= 0.6 is 11.6 Å². The molecule has 0 unspecified atom stereocenters. The van der Waals surface area contributed by atoms with Gasteiger partial charge in [0.25, 0.3) is 0 Å². The van der Waals surface area contributed by atoms with Gasteiger partial charge < -0.3 is 14.6 Å². The fraction of sp³-hybridized carbons (Fsp3) is 0.364. The number of carbonyl (C=O) groups excluding carboxylic acids is 1. The van der Waals surface area contributed by atoms with Gasteiger partial charge in [0.15, 0.2) is 11.5 Å². The lowest BCUT2D eigenvalue weighted by molar-refractivity contribution is -0.116. The molecule has 0 amide bonds. The Kier molecular flexibility index (Phi) is 3.97. The molecule has 0 saturated heterocycles. The van der Waals surface area contributed by atoms with Gasteiger partial charge in [-0.3, -0.25) is 0 Å². The average Bonchev–Trinajstić information content (AvgIpc) is 2.18. The van der Waals surface area contributed by atoms with Crippen LogP contribution in [0.25, 0.3) is 0 Å². The molecule has 0 bridgehead atoms. The van der Waals surface area contributed by atoms with Crippen LogP contribution in [0.4, 0.5) is 0 Å². The minimum Gasteiger partial charge on any atom is -0.504 e. The molecule has 0 saturated carbocycles. The van der Waals surface area contributed by atoms with Gasteiger partial charge in [-0.2, -0.15) is 0 Å². The molecule has 0 radical (unpaired) electrons. The quantitative estimate of drug-likeness (QED) is 0.862. The number of ether oxygens (including phenoxy) is 1. The molecule has 0 fully saturated rings. The molecule has 1 rings (SSSR count). The number of methoxy groups -OCH3 is 1. The van der Waals surface area contributed by atoms with Crippen molar-refractivity contribution in [2.45, 2.75) is 19.8 Å². The first-order valence-corrected chi connectivity index (χ1v) is 4.97. The molecule has 1 N–H and O–H groups in total. The average molecular weight is 229 g/mol. The van der Waals surface area contributed by atoms with E-state index in [9.17, 15) is 9.90 Å². The molecule has 0 heterocycles. The van der Waals surface area contributed by atoms with Crippen molar-refractivity contribution in [3.05, 3.63) is 22.7 Å². The van der Waals surface area contributed by atoms with Crippen LogP contribution < -0.4 is 4.74 Å². The Morgan fingerprint density at radius 3 is 2.73 bits per heavy atom. The van der Waals surface area contributed by atoms with Crippen LogP contribution in [-0.4, -0.2) is 18.0 Å². The molecular weight excluding hydrogens is 216 g/mol. The molecule has 1 aromatic rings. The van der Waals surface area contributed by atoms with Crippen molar-refractivity contribution in [1.82, 2.24) is 0 Å². The zero-order valence-electron chi connectivity index (χ0n) is 8.71. The Hall–Kier alpha value is -1.22. The van der Waals surface area contributed by atoms with Crippen LogP contribution in [0.1, 0.15) is 18.9 Å². The van der Waals surface area contributed by atoms with E-state index >= 15 is 0 Å². The fourth-order valence-electron chi connectivity index (χ4n) is 1.29. The number of hydrogen-bond acceptors (Lipinski definition) is 3. The number of hydrogen-bond donors (Lipinski definition) is 1. The second-order valence-corrected chi connectivity index (χ2v) is 3.75. The first-order valence-electron chi connectivity index (χ1n) is 4.59. The molecule has 3 nitrogen and oxygen atoms in total. The zero-order valence-corrected chi connectivity index (χ0v) is 9.47.